The maximum absolute atomic E-state index is 12.2. The maximum Gasteiger partial charge on any atom is 0.246 e. The summed E-state index contributed by atoms with van der Waals surface area (Å²) in [4.78, 5) is 5.24. The third-order valence-electron chi connectivity index (χ3n) is 2.82. The van der Waals surface area contributed by atoms with Crippen LogP contribution in [0.2, 0.25) is 0 Å². The van der Waals surface area contributed by atoms with Crippen molar-refractivity contribution in [2.75, 3.05) is 0 Å². The van der Waals surface area contributed by atoms with Gasteiger partial charge in [-0.25, -0.2) is 18.1 Å². The monoisotopic (exact) mass is 312 g/mol. The Labute approximate surface area is 119 Å². The van der Waals surface area contributed by atoms with Crippen LogP contribution in [-0.4, -0.2) is 23.0 Å². The van der Waals surface area contributed by atoms with Gasteiger partial charge in [0.05, 0.1) is 12.2 Å². The zero-order chi connectivity index (χ0) is 14.3. The van der Waals surface area contributed by atoms with Crippen LogP contribution in [0.5, 0.6) is 0 Å². The first-order valence-electron chi connectivity index (χ1n) is 5.81. The predicted octanol–water partition coefficient (Wildman–Crippen LogP) is 1.48. The van der Waals surface area contributed by atoms with Crippen molar-refractivity contribution in [3.05, 3.63) is 34.9 Å². The summed E-state index contributed by atoms with van der Waals surface area (Å²) < 4.78 is 33.7. The van der Waals surface area contributed by atoms with Crippen LogP contribution < -0.4 is 4.72 Å². The van der Waals surface area contributed by atoms with Gasteiger partial charge in [0.15, 0.2) is 10.7 Å². The number of rotatable bonds is 4. The van der Waals surface area contributed by atoms with Gasteiger partial charge in [-0.15, -0.1) is 11.3 Å². The number of fused-ring (bicyclic) bond motifs is 1. The Hall–Kier alpha value is -1.71. The molecule has 0 amide bonds. The molecule has 0 unspecified atom stereocenters. The van der Waals surface area contributed by atoms with Crippen molar-refractivity contribution < 1.29 is 12.9 Å². The van der Waals surface area contributed by atoms with E-state index in [1.54, 1.807) is 20.0 Å². The number of hydrogen-bond acceptors (Lipinski definition) is 6. The molecule has 3 heterocycles. The highest BCUT2D eigenvalue weighted by molar-refractivity contribution is 7.89. The van der Waals surface area contributed by atoms with Gasteiger partial charge in [0.1, 0.15) is 10.6 Å². The Bertz CT molecular complexity index is 811. The molecule has 7 nitrogen and oxygen atoms in total. The molecule has 3 aromatic heterocycles. The van der Waals surface area contributed by atoms with Crippen molar-refractivity contribution in [2.45, 2.75) is 25.3 Å². The Balaban J connectivity index is 1.82. The molecule has 0 aromatic carbocycles. The second-order valence-electron chi connectivity index (χ2n) is 4.30. The van der Waals surface area contributed by atoms with Gasteiger partial charge in [0.25, 0.3) is 0 Å². The normalized spacial score (nSPS) is 12.3. The maximum atomic E-state index is 12.2. The van der Waals surface area contributed by atoms with Gasteiger partial charge < -0.3 is 4.52 Å². The van der Waals surface area contributed by atoms with E-state index in [0.717, 1.165) is 4.96 Å². The summed E-state index contributed by atoms with van der Waals surface area (Å²) >= 11 is 1.49. The molecule has 3 aromatic rings. The van der Waals surface area contributed by atoms with Crippen LogP contribution in [0, 0.1) is 13.8 Å². The lowest BCUT2D eigenvalue weighted by Gasteiger charge is -2.04. The molecular formula is C11H12N4O3S2. The molecule has 9 heteroatoms. The standard InChI is InChI=1S/C11H12N4O3S2/c1-7-10(8(2)18-14-7)20(16,17)12-5-9-6-15-3-4-19-11(15)13-9/h3-4,6,12H,5H2,1-2H3. The van der Waals surface area contributed by atoms with Gasteiger partial charge in [-0.3, -0.25) is 4.40 Å². The van der Waals surface area contributed by atoms with Gasteiger partial charge in [0, 0.05) is 17.8 Å². The molecule has 0 bridgehead atoms. The lowest BCUT2D eigenvalue weighted by molar-refractivity contribution is 0.390. The summed E-state index contributed by atoms with van der Waals surface area (Å²) in [5, 5.41) is 5.57. The Morgan fingerprint density at radius 2 is 2.25 bits per heavy atom. The number of aromatic nitrogens is 3. The Morgan fingerprint density at radius 3 is 2.90 bits per heavy atom. The highest BCUT2D eigenvalue weighted by Crippen LogP contribution is 2.19. The molecule has 106 valence electrons. The molecule has 0 fully saturated rings. The highest BCUT2D eigenvalue weighted by atomic mass is 32.2. The van der Waals surface area contributed by atoms with E-state index in [-0.39, 0.29) is 17.2 Å². The second-order valence-corrected chi connectivity index (χ2v) is 6.88. The van der Waals surface area contributed by atoms with Crippen LogP contribution in [-0.2, 0) is 16.6 Å². The number of sulfonamides is 1. The quantitative estimate of drug-likeness (QED) is 0.788. The van der Waals surface area contributed by atoms with Crippen LogP contribution in [0.25, 0.3) is 4.96 Å². The van der Waals surface area contributed by atoms with Crippen LogP contribution in [0.1, 0.15) is 17.1 Å². The summed E-state index contributed by atoms with van der Waals surface area (Å²) in [5.74, 6) is 0.279. The van der Waals surface area contributed by atoms with E-state index in [1.165, 1.54) is 11.3 Å². The van der Waals surface area contributed by atoms with E-state index < -0.39 is 10.0 Å². The zero-order valence-corrected chi connectivity index (χ0v) is 12.5. The van der Waals surface area contributed by atoms with E-state index in [9.17, 15) is 8.42 Å². The fraction of sp³-hybridized carbons (Fsp3) is 0.273. The van der Waals surface area contributed by atoms with E-state index in [4.69, 9.17) is 4.52 Å². The van der Waals surface area contributed by atoms with Gasteiger partial charge in [-0.05, 0) is 13.8 Å². The summed E-state index contributed by atoms with van der Waals surface area (Å²) in [6, 6.07) is 0. The number of thiazole rings is 1. The number of aryl methyl sites for hydroxylation is 2. The SMILES string of the molecule is Cc1noc(C)c1S(=O)(=O)NCc1cn2ccsc2n1. The van der Waals surface area contributed by atoms with Crippen molar-refractivity contribution >= 4 is 26.3 Å². The van der Waals surface area contributed by atoms with Crippen LogP contribution in [0.4, 0.5) is 0 Å². The van der Waals surface area contributed by atoms with E-state index >= 15 is 0 Å². The van der Waals surface area contributed by atoms with Gasteiger partial charge in [-0.2, -0.15) is 0 Å². The third-order valence-corrected chi connectivity index (χ3v) is 5.24. The first-order valence-corrected chi connectivity index (χ1v) is 8.17. The molecule has 0 aliphatic carbocycles. The summed E-state index contributed by atoms with van der Waals surface area (Å²) in [7, 11) is -3.65. The Kier molecular flexibility index (Phi) is 3.11. The first kappa shape index (κ1) is 13.3. The summed E-state index contributed by atoms with van der Waals surface area (Å²) in [5.41, 5.74) is 1.01. The minimum Gasteiger partial charge on any atom is -0.360 e. The summed E-state index contributed by atoms with van der Waals surface area (Å²) in [6.07, 6.45) is 3.67. The number of hydrogen-bond donors (Lipinski definition) is 1. The van der Waals surface area contributed by atoms with Gasteiger partial charge in [0.2, 0.25) is 10.0 Å². The van der Waals surface area contributed by atoms with Crippen LogP contribution in [0.15, 0.2) is 27.2 Å². The summed E-state index contributed by atoms with van der Waals surface area (Å²) in [6.45, 7) is 3.29. The number of imidazole rings is 1. The molecule has 3 rings (SSSR count). The average Bonchev–Trinajstić information content (AvgIpc) is 3.01. The topological polar surface area (TPSA) is 89.5 Å². The molecule has 0 aliphatic rings. The van der Waals surface area contributed by atoms with Crippen LogP contribution >= 0.6 is 11.3 Å². The minimum atomic E-state index is -3.65. The zero-order valence-electron chi connectivity index (χ0n) is 10.8. The van der Waals surface area contributed by atoms with Gasteiger partial charge in [-0.1, -0.05) is 5.16 Å². The molecule has 20 heavy (non-hydrogen) atoms. The van der Waals surface area contributed by atoms with E-state index in [1.807, 2.05) is 16.0 Å². The number of nitrogens with one attached hydrogen (secondary N) is 1. The Morgan fingerprint density at radius 1 is 1.45 bits per heavy atom. The largest absolute Gasteiger partial charge is 0.360 e. The fourth-order valence-electron chi connectivity index (χ4n) is 1.96. The molecule has 0 atom stereocenters. The van der Waals surface area contributed by atoms with Crippen LogP contribution in [0.3, 0.4) is 0 Å². The first-order chi connectivity index (χ1) is 9.47. The highest BCUT2D eigenvalue weighted by Gasteiger charge is 2.24. The molecule has 0 saturated heterocycles. The van der Waals surface area contributed by atoms with E-state index in [2.05, 4.69) is 14.9 Å². The molecular weight excluding hydrogens is 300 g/mol. The van der Waals surface area contributed by atoms with Crippen molar-refractivity contribution in [3.63, 3.8) is 0 Å². The third kappa shape index (κ3) is 2.23. The van der Waals surface area contributed by atoms with Crippen molar-refractivity contribution in [3.8, 4) is 0 Å². The second kappa shape index (κ2) is 4.69. The van der Waals surface area contributed by atoms with Crippen molar-refractivity contribution in [2.24, 2.45) is 0 Å². The molecule has 0 aliphatic heterocycles. The smallest absolute Gasteiger partial charge is 0.246 e. The van der Waals surface area contributed by atoms with Gasteiger partial charge >= 0.3 is 0 Å². The molecule has 0 radical (unpaired) electrons. The predicted molar refractivity (Wildman–Crippen MR) is 73.1 cm³/mol. The molecule has 0 saturated carbocycles. The number of nitrogens with zero attached hydrogens (tertiary/aromatic N) is 3. The average molecular weight is 312 g/mol. The van der Waals surface area contributed by atoms with Crippen molar-refractivity contribution in [1.82, 2.24) is 19.3 Å². The fourth-order valence-corrected chi connectivity index (χ4v) is 4.00. The molecule has 0 spiro atoms. The lowest BCUT2D eigenvalue weighted by atomic mass is 10.4. The minimum absolute atomic E-state index is 0.0959. The lowest BCUT2D eigenvalue weighted by Crippen LogP contribution is -2.24. The van der Waals surface area contributed by atoms with Crippen molar-refractivity contribution in [1.29, 1.82) is 0 Å². The van der Waals surface area contributed by atoms with E-state index in [0.29, 0.717) is 11.4 Å². The molecule has 1 N–H and O–H groups in total.